The van der Waals surface area contributed by atoms with Gasteiger partial charge in [-0.2, -0.15) is 0 Å². The summed E-state index contributed by atoms with van der Waals surface area (Å²) in [5.41, 5.74) is 1.36. The molecule has 1 aliphatic heterocycles. The molecule has 0 radical (unpaired) electrons. The molecule has 102 valence electrons. The lowest BCUT2D eigenvalue weighted by molar-refractivity contribution is 0.165. The minimum Gasteiger partial charge on any atom is -0.494 e. The highest BCUT2D eigenvalue weighted by Gasteiger charge is 2.17. The minimum atomic E-state index is 0. The van der Waals surface area contributed by atoms with E-state index >= 15 is 0 Å². The van der Waals surface area contributed by atoms with Gasteiger partial charge in [0.25, 0.3) is 0 Å². The van der Waals surface area contributed by atoms with E-state index in [0.717, 1.165) is 38.5 Å². The second-order valence-electron chi connectivity index (χ2n) is 4.60. The molecule has 1 saturated heterocycles. The van der Waals surface area contributed by atoms with E-state index in [2.05, 4.69) is 41.4 Å². The van der Waals surface area contributed by atoms with Crippen molar-refractivity contribution in [3.8, 4) is 5.75 Å². The van der Waals surface area contributed by atoms with Gasteiger partial charge in [0, 0.05) is 32.2 Å². The molecule has 1 N–H and O–H groups in total. The Morgan fingerprint density at radius 3 is 2.67 bits per heavy atom. The van der Waals surface area contributed by atoms with E-state index < -0.39 is 0 Å². The Balaban J connectivity index is 0.00000162. The molecule has 0 unspecified atom stereocenters. The fraction of sp³-hybridized carbons (Fsp3) is 0.571. The molecule has 0 amide bonds. The molecule has 0 spiro atoms. The van der Waals surface area contributed by atoms with Crippen molar-refractivity contribution in [2.75, 3.05) is 26.2 Å². The monoisotopic (exact) mass is 270 g/mol. The number of nitrogens with zero attached hydrogens (tertiary/aromatic N) is 1. The van der Waals surface area contributed by atoms with E-state index in [1.807, 2.05) is 6.92 Å². The first-order chi connectivity index (χ1) is 8.29. The average molecular weight is 271 g/mol. The second kappa shape index (κ2) is 7.62. The summed E-state index contributed by atoms with van der Waals surface area (Å²) in [5.74, 6) is 0.963. The number of halogens is 1. The predicted octanol–water partition coefficient (Wildman–Crippen LogP) is 2.30. The van der Waals surface area contributed by atoms with Crippen molar-refractivity contribution in [3.63, 3.8) is 0 Å². The molecule has 0 aliphatic carbocycles. The fourth-order valence-corrected chi connectivity index (χ4v) is 2.21. The fourth-order valence-electron chi connectivity index (χ4n) is 2.21. The summed E-state index contributed by atoms with van der Waals surface area (Å²) >= 11 is 0. The van der Waals surface area contributed by atoms with Gasteiger partial charge in [-0.25, -0.2) is 0 Å². The highest BCUT2D eigenvalue weighted by molar-refractivity contribution is 5.85. The van der Waals surface area contributed by atoms with Crippen molar-refractivity contribution in [1.29, 1.82) is 0 Å². The molecule has 18 heavy (non-hydrogen) atoms. The summed E-state index contributed by atoms with van der Waals surface area (Å²) in [4.78, 5) is 2.52. The van der Waals surface area contributed by atoms with Gasteiger partial charge < -0.3 is 10.1 Å². The molecule has 1 heterocycles. The standard InChI is InChI=1S/C14H22N2O.ClH/c1-3-17-14-6-4-13(5-7-14)11-16-9-8-15-10-12(16)2;/h4-7,12,15H,3,8-11H2,1-2H3;1H/t12-;/m0./s1. The zero-order chi connectivity index (χ0) is 12.1. The quantitative estimate of drug-likeness (QED) is 0.909. The summed E-state index contributed by atoms with van der Waals surface area (Å²) in [6.07, 6.45) is 0. The van der Waals surface area contributed by atoms with Gasteiger partial charge in [-0.15, -0.1) is 12.4 Å². The van der Waals surface area contributed by atoms with E-state index in [4.69, 9.17) is 4.74 Å². The van der Waals surface area contributed by atoms with Crippen LogP contribution in [-0.2, 0) is 6.54 Å². The topological polar surface area (TPSA) is 24.5 Å². The maximum Gasteiger partial charge on any atom is 0.119 e. The third-order valence-electron chi connectivity index (χ3n) is 3.26. The minimum absolute atomic E-state index is 0. The van der Waals surface area contributed by atoms with Gasteiger partial charge in [-0.3, -0.25) is 4.90 Å². The van der Waals surface area contributed by atoms with Crippen LogP contribution in [0.25, 0.3) is 0 Å². The summed E-state index contributed by atoms with van der Waals surface area (Å²) in [5, 5.41) is 3.41. The molecule has 4 heteroatoms. The van der Waals surface area contributed by atoms with Crippen LogP contribution in [-0.4, -0.2) is 37.2 Å². The third kappa shape index (κ3) is 4.16. The first-order valence-corrected chi connectivity index (χ1v) is 6.46. The van der Waals surface area contributed by atoms with Crippen molar-refractivity contribution in [2.24, 2.45) is 0 Å². The zero-order valence-electron chi connectivity index (χ0n) is 11.2. The number of benzene rings is 1. The van der Waals surface area contributed by atoms with Crippen LogP contribution in [0.15, 0.2) is 24.3 Å². The Labute approximate surface area is 116 Å². The molecule has 1 fully saturated rings. The van der Waals surface area contributed by atoms with Crippen molar-refractivity contribution < 1.29 is 4.74 Å². The SMILES string of the molecule is CCOc1ccc(CN2CCNC[C@@H]2C)cc1.Cl. The highest BCUT2D eigenvalue weighted by atomic mass is 35.5. The number of hydrogen-bond acceptors (Lipinski definition) is 3. The third-order valence-corrected chi connectivity index (χ3v) is 3.26. The lowest BCUT2D eigenvalue weighted by atomic mass is 10.1. The van der Waals surface area contributed by atoms with Gasteiger partial charge >= 0.3 is 0 Å². The molecule has 2 rings (SSSR count). The molecule has 0 bridgehead atoms. The van der Waals surface area contributed by atoms with Gasteiger partial charge in [0.05, 0.1) is 6.61 Å². The van der Waals surface area contributed by atoms with Gasteiger partial charge in [0.2, 0.25) is 0 Å². The van der Waals surface area contributed by atoms with E-state index in [1.54, 1.807) is 0 Å². The molecular weight excluding hydrogens is 248 g/mol. The number of nitrogens with one attached hydrogen (secondary N) is 1. The maximum absolute atomic E-state index is 5.45. The molecule has 0 aromatic heterocycles. The summed E-state index contributed by atoms with van der Waals surface area (Å²) in [7, 11) is 0. The molecule has 1 atom stereocenters. The number of rotatable bonds is 4. The molecule has 3 nitrogen and oxygen atoms in total. The van der Waals surface area contributed by atoms with Crippen LogP contribution < -0.4 is 10.1 Å². The average Bonchev–Trinajstić information content (AvgIpc) is 2.35. The Hall–Kier alpha value is -0.770. The molecular formula is C14H23ClN2O. The number of hydrogen-bond donors (Lipinski definition) is 1. The van der Waals surface area contributed by atoms with Gasteiger partial charge in [-0.1, -0.05) is 12.1 Å². The maximum atomic E-state index is 5.45. The smallest absolute Gasteiger partial charge is 0.119 e. The predicted molar refractivity (Wildman–Crippen MR) is 77.6 cm³/mol. The zero-order valence-corrected chi connectivity index (χ0v) is 12.0. The molecule has 1 aromatic rings. The normalized spacial score (nSPS) is 20.2. The first-order valence-electron chi connectivity index (χ1n) is 6.46. The Morgan fingerprint density at radius 2 is 2.06 bits per heavy atom. The van der Waals surface area contributed by atoms with Crippen LogP contribution in [0.1, 0.15) is 19.4 Å². The Morgan fingerprint density at radius 1 is 1.33 bits per heavy atom. The molecule has 1 aromatic carbocycles. The Bertz CT molecular complexity index is 342. The van der Waals surface area contributed by atoms with Gasteiger partial charge in [-0.05, 0) is 31.5 Å². The molecule has 0 saturated carbocycles. The van der Waals surface area contributed by atoms with E-state index in [0.29, 0.717) is 6.04 Å². The Kier molecular flexibility index (Phi) is 6.47. The van der Waals surface area contributed by atoms with Crippen molar-refractivity contribution in [3.05, 3.63) is 29.8 Å². The van der Waals surface area contributed by atoms with Crippen LogP contribution in [0.3, 0.4) is 0 Å². The van der Waals surface area contributed by atoms with Crippen LogP contribution in [0.4, 0.5) is 0 Å². The molecule has 1 aliphatic rings. The van der Waals surface area contributed by atoms with Crippen molar-refractivity contribution in [2.45, 2.75) is 26.4 Å². The summed E-state index contributed by atoms with van der Waals surface area (Å²) in [6, 6.07) is 9.08. The lowest BCUT2D eigenvalue weighted by Gasteiger charge is -2.33. The van der Waals surface area contributed by atoms with Crippen molar-refractivity contribution >= 4 is 12.4 Å². The van der Waals surface area contributed by atoms with E-state index in [1.165, 1.54) is 5.56 Å². The van der Waals surface area contributed by atoms with Crippen LogP contribution >= 0.6 is 12.4 Å². The highest BCUT2D eigenvalue weighted by Crippen LogP contribution is 2.15. The largest absolute Gasteiger partial charge is 0.494 e. The van der Waals surface area contributed by atoms with Crippen LogP contribution in [0.2, 0.25) is 0 Å². The van der Waals surface area contributed by atoms with Gasteiger partial charge in [0.15, 0.2) is 0 Å². The number of piperazine rings is 1. The second-order valence-corrected chi connectivity index (χ2v) is 4.60. The van der Waals surface area contributed by atoms with E-state index in [-0.39, 0.29) is 12.4 Å². The first kappa shape index (κ1) is 15.3. The van der Waals surface area contributed by atoms with Crippen LogP contribution in [0, 0.1) is 0 Å². The summed E-state index contributed by atoms with van der Waals surface area (Å²) < 4.78 is 5.45. The van der Waals surface area contributed by atoms with E-state index in [9.17, 15) is 0 Å². The lowest BCUT2D eigenvalue weighted by Crippen LogP contribution is -2.49. The van der Waals surface area contributed by atoms with Crippen LogP contribution in [0.5, 0.6) is 5.75 Å². The van der Waals surface area contributed by atoms with Gasteiger partial charge in [0.1, 0.15) is 5.75 Å². The number of ether oxygens (including phenoxy) is 1. The van der Waals surface area contributed by atoms with Crippen molar-refractivity contribution in [1.82, 2.24) is 10.2 Å². The summed E-state index contributed by atoms with van der Waals surface area (Å²) in [6.45, 7) is 9.38.